The SMILES string of the molecule is O=S([O-])NCc1ccc2c(c1)nc(CN1CCC(c3cccc(OCc4ccc(Cl)cc4F)n3)CC1)n2C[C@@H]1CCO1. The van der Waals surface area contributed by atoms with Gasteiger partial charge in [-0.1, -0.05) is 29.8 Å². The normalized spacial score (nSPS) is 18.7. The minimum Gasteiger partial charge on any atom is -0.760 e. The Bertz CT molecular complexity index is 1570. The van der Waals surface area contributed by atoms with Crippen LogP contribution in [0.15, 0.2) is 54.6 Å². The van der Waals surface area contributed by atoms with E-state index in [0.29, 0.717) is 22.4 Å². The molecule has 2 aromatic carbocycles. The maximum Gasteiger partial charge on any atom is 0.213 e. The first-order valence-corrected chi connectivity index (χ1v) is 15.5. The molecule has 0 bridgehead atoms. The zero-order valence-corrected chi connectivity index (χ0v) is 24.6. The quantitative estimate of drug-likeness (QED) is 0.241. The Balaban J connectivity index is 1.10. The number of ether oxygens (including phenoxy) is 2. The van der Waals surface area contributed by atoms with Crippen LogP contribution in [0.3, 0.4) is 0 Å². The van der Waals surface area contributed by atoms with Gasteiger partial charge in [-0.05, 0) is 68.2 Å². The molecule has 2 aliphatic rings. The highest BCUT2D eigenvalue weighted by atomic mass is 35.5. The molecule has 6 rings (SSSR count). The molecule has 2 aliphatic heterocycles. The number of imidazole rings is 1. The van der Waals surface area contributed by atoms with Crippen LogP contribution in [0.4, 0.5) is 4.39 Å². The van der Waals surface area contributed by atoms with Crippen molar-refractivity contribution >= 4 is 33.9 Å². The van der Waals surface area contributed by atoms with Crippen molar-refractivity contribution < 1.29 is 22.6 Å². The van der Waals surface area contributed by atoms with Crippen LogP contribution in [0, 0.1) is 5.82 Å². The molecule has 2 saturated heterocycles. The van der Waals surface area contributed by atoms with Crippen LogP contribution in [0.25, 0.3) is 11.0 Å². The van der Waals surface area contributed by atoms with Crippen molar-refractivity contribution in [3.8, 4) is 5.88 Å². The fourth-order valence-electron chi connectivity index (χ4n) is 5.55. The van der Waals surface area contributed by atoms with Gasteiger partial charge in [0.15, 0.2) is 0 Å². The number of rotatable bonds is 11. The van der Waals surface area contributed by atoms with Crippen molar-refractivity contribution in [3.05, 3.63) is 88.1 Å². The number of aromatic nitrogens is 3. The maximum atomic E-state index is 14.1. The monoisotopic (exact) mass is 612 g/mol. The van der Waals surface area contributed by atoms with Gasteiger partial charge < -0.3 is 18.6 Å². The summed E-state index contributed by atoms with van der Waals surface area (Å²) in [7, 11) is 0. The number of hydrogen-bond donors (Lipinski definition) is 1. The van der Waals surface area contributed by atoms with E-state index in [2.05, 4.69) is 14.2 Å². The molecule has 2 atom stereocenters. The van der Waals surface area contributed by atoms with E-state index in [4.69, 9.17) is 31.0 Å². The molecule has 1 N–H and O–H groups in total. The predicted molar refractivity (Wildman–Crippen MR) is 157 cm³/mol. The third-order valence-corrected chi connectivity index (χ3v) is 8.59. The van der Waals surface area contributed by atoms with Crippen LogP contribution in [0.5, 0.6) is 5.88 Å². The Morgan fingerprint density at radius 3 is 2.69 bits per heavy atom. The summed E-state index contributed by atoms with van der Waals surface area (Å²) in [6.07, 6.45) is 3.13. The molecular weight excluding hydrogens is 581 g/mol. The van der Waals surface area contributed by atoms with E-state index in [0.717, 1.165) is 80.2 Å². The van der Waals surface area contributed by atoms with E-state index >= 15 is 0 Å². The van der Waals surface area contributed by atoms with Crippen LogP contribution in [-0.4, -0.2) is 54.0 Å². The third-order valence-electron chi connectivity index (χ3n) is 7.97. The van der Waals surface area contributed by atoms with Crippen molar-refractivity contribution in [1.82, 2.24) is 24.2 Å². The van der Waals surface area contributed by atoms with Gasteiger partial charge in [-0.2, -0.15) is 0 Å². The van der Waals surface area contributed by atoms with Crippen LogP contribution >= 0.6 is 11.6 Å². The average Bonchev–Trinajstić information content (AvgIpc) is 3.29. The van der Waals surface area contributed by atoms with Crippen LogP contribution in [0.1, 0.15) is 47.8 Å². The van der Waals surface area contributed by atoms with E-state index in [1.807, 2.05) is 30.3 Å². The highest BCUT2D eigenvalue weighted by Crippen LogP contribution is 2.30. The topological polar surface area (TPSA) is 105 Å². The Kier molecular flexibility index (Phi) is 9.13. The Hall–Kier alpha value is -2.93. The van der Waals surface area contributed by atoms with Crippen molar-refractivity contribution in [3.63, 3.8) is 0 Å². The number of nitrogens with zero attached hydrogens (tertiary/aromatic N) is 4. The zero-order chi connectivity index (χ0) is 29.1. The van der Waals surface area contributed by atoms with Gasteiger partial charge in [0.05, 0.1) is 30.2 Å². The van der Waals surface area contributed by atoms with E-state index in [1.54, 1.807) is 18.2 Å². The van der Waals surface area contributed by atoms with Crippen LogP contribution in [0.2, 0.25) is 5.02 Å². The number of likely N-dealkylation sites (tertiary alicyclic amines) is 1. The fraction of sp³-hybridized carbons (Fsp3) is 0.400. The second-order valence-electron chi connectivity index (χ2n) is 10.8. The maximum absolute atomic E-state index is 14.1. The number of benzene rings is 2. The summed E-state index contributed by atoms with van der Waals surface area (Å²) in [5, 5.41) is 0.353. The van der Waals surface area contributed by atoms with Gasteiger partial charge in [0, 0.05) is 52.7 Å². The molecule has 42 heavy (non-hydrogen) atoms. The fourth-order valence-corrected chi connectivity index (χ4v) is 5.99. The lowest BCUT2D eigenvalue weighted by Gasteiger charge is -2.32. The van der Waals surface area contributed by atoms with Crippen molar-refractivity contribution in [1.29, 1.82) is 0 Å². The number of fused-ring (bicyclic) bond motifs is 1. The van der Waals surface area contributed by atoms with E-state index in [1.165, 1.54) is 6.07 Å². The van der Waals surface area contributed by atoms with Gasteiger partial charge in [-0.15, -0.1) is 0 Å². The molecule has 2 fully saturated rings. The third kappa shape index (κ3) is 6.99. The predicted octanol–water partition coefficient (Wildman–Crippen LogP) is 4.86. The first kappa shape index (κ1) is 29.2. The Morgan fingerprint density at radius 1 is 1.12 bits per heavy atom. The largest absolute Gasteiger partial charge is 0.760 e. The lowest BCUT2D eigenvalue weighted by molar-refractivity contribution is -0.0592. The molecule has 0 saturated carbocycles. The number of pyridine rings is 1. The minimum atomic E-state index is -2.31. The molecular formula is C30H32ClFN5O4S-. The molecule has 4 heterocycles. The van der Waals surface area contributed by atoms with Gasteiger partial charge in [-0.25, -0.2) is 19.1 Å². The first-order chi connectivity index (χ1) is 20.4. The zero-order valence-electron chi connectivity index (χ0n) is 23.0. The van der Waals surface area contributed by atoms with E-state index in [-0.39, 0.29) is 19.3 Å². The summed E-state index contributed by atoms with van der Waals surface area (Å²) in [5.74, 6) is 1.38. The number of piperidine rings is 1. The minimum absolute atomic E-state index is 0.0843. The molecule has 222 valence electrons. The number of hydrogen-bond acceptors (Lipinski definition) is 7. The van der Waals surface area contributed by atoms with Gasteiger partial charge in [-0.3, -0.25) is 9.11 Å². The Labute approximate surface area is 251 Å². The summed E-state index contributed by atoms with van der Waals surface area (Å²) in [4.78, 5) is 12.1. The van der Waals surface area contributed by atoms with Gasteiger partial charge in [0.25, 0.3) is 0 Å². The van der Waals surface area contributed by atoms with Gasteiger partial charge in [0.1, 0.15) is 18.2 Å². The summed E-state index contributed by atoms with van der Waals surface area (Å²) >= 11 is 3.54. The molecule has 9 nitrogen and oxygen atoms in total. The smallest absolute Gasteiger partial charge is 0.213 e. The van der Waals surface area contributed by atoms with Crippen molar-refractivity contribution in [2.75, 3.05) is 19.7 Å². The molecule has 12 heteroatoms. The average molecular weight is 613 g/mol. The second-order valence-corrected chi connectivity index (χ2v) is 12.0. The first-order valence-electron chi connectivity index (χ1n) is 14.1. The summed E-state index contributed by atoms with van der Waals surface area (Å²) < 4.78 is 52.2. The Morgan fingerprint density at radius 2 is 1.95 bits per heavy atom. The van der Waals surface area contributed by atoms with E-state index in [9.17, 15) is 13.2 Å². The van der Waals surface area contributed by atoms with Gasteiger partial charge >= 0.3 is 0 Å². The van der Waals surface area contributed by atoms with Crippen molar-refractivity contribution in [2.45, 2.75) is 57.5 Å². The second kappa shape index (κ2) is 13.2. The molecule has 0 aliphatic carbocycles. The lowest BCUT2D eigenvalue weighted by Crippen LogP contribution is -2.35. The highest BCUT2D eigenvalue weighted by Gasteiger charge is 2.26. The molecule has 4 aromatic rings. The molecule has 0 amide bonds. The van der Waals surface area contributed by atoms with Crippen molar-refractivity contribution in [2.24, 2.45) is 0 Å². The molecule has 0 spiro atoms. The van der Waals surface area contributed by atoms with E-state index < -0.39 is 17.1 Å². The standard InChI is InChI=1S/C30H33ClFN5O4S/c31-23-6-5-22(25(32)15-23)19-41-30-3-1-2-26(35-30)21-8-11-36(12-9-21)18-29-34-27-14-20(16-33-42(38)39)4-7-28(27)37(29)17-24-10-13-40-24/h1-7,14-15,21,24,33H,8-13,16-19H2,(H,38,39)/p-1/t24-/m0/s1. The molecule has 1 unspecified atom stereocenters. The highest BCUT2D eigenvalue weighted by molar-refractivity contribution is 7.77. The number of nitrogens with one attached hydrogen (secondary N) is 1. The van der Waals surface area contributed by atoms with Gasteiger partial charge in [0.2, 0.25) is 5.88 Å². The van der Waals surface area contributed by atoms with Crippen LogP contribution in [-0.2, 0) is 42.2 Å². The summed E-state index contributed by atoms with van der Waals surface area (Å²) in [6.45, 7) is 4.38. The lowest BCUT2D eigenvalue weighted by atomic mass is 9.93. The van der Waals surface area contributed by atoms with Crippen LogP contribution < -0.4 is 9.46 Å². The summed E-state index contributed by atoms with van der Waals surface area (Å²) in [5.41, 5.74) is 4.16. The summed E-state index contributed by atoms with van der Waals surface area (Å²) in [6, 6.07) is 16.2. The molecule has 2 aromatic heterocycles. The molecule has 0 radical (unpaired) electrons. The number of halogens is 2.